The highest BCUT2D eigenvalue weighted by molar-refractivity contribution is 5.94. The molecular weight excluding hydrogens is 410 g/mol. The molecule has 5 heteroatoms. The SMILES string of the molecule is COc1ccc(C(=O)NCCc2nc3ccccc3n2Cc2ccc(C(C)(C)C)cc2)cc1. The van der Waals surface area contributed by atoms with Gasteiger partial charge in [-0.1, -0.05) is 57.2 Å². The quantitative estimate of drug-likeness (QED) is 0.420. The second kappa shape index (κ2) is 9.49. The molecule has 0 aliphatic heterocycles. The van der Waals surface area contributed by atoms with Crippen molar-refractivity contribution in [3.63, 3.8) is 0 Å². The average molecular weight is 442 g/mol. The maximum atomic E-state index is 12.5. The number of fused-ring (bicyclic) bond motifs is 1. The van der Waals surface area contributed by atoms with E-state index >= 15 is 0 Å². The lowest BCUT2D eigenvalue weighted by molar-refractivity contribution is 0.0954. The van der Waals surface area contributed by atoms with E-state index < -0.39 is 0 Å². The predicted molar refractivity (Wildman–Crippen MR) is 133 cm³/mol. The summed E-state index contributed by atoms with van der Waals surface area (Å²) in [4.78, 5) is 17.4. The molecule has 0 unspecified atom stereocenters. The number of nitrogens with one attached hydrogen (secondary N) is 1. The largest absolute Gasteiger partial charge is 0.497 e. The summed E-state index contributed by atoms with van der Waals surface area (Å²) in [6, 6.07) is 24.1. The Kier molecular flexibility index (Phi) is 6.50. The zero-order valence-corrected chi connectivity index (χ0v) is 19.8. The van der Waals surface area contributed by atoms with Gasteiger partial charge in [0, 0.05) is 25.1 Å². The maximum absolute atomic E-state index is 12.5. The van der Waals surface area contributed by atoms with E-state index in [1.807, 2.05) is 18.2 Å². The minimum atomic E-state index is -0.0990. The standard InChI is InChI=1S/C28H31N3O2/c1-28(2,3)22-13-9-20(10-14-22)19-31-25-8-6-5-7-24(25)30-26(31)17-18-29-27(32)21-11-15-23(33-4)16-12-21/h5-16H,17-19H2,1-4H3,(H,29,32). The van der Waals surface area contributed by atoms with Gasteiger partial charge in [-0.2, -0.15) is 0 Å². The first kappa shape index (κ1) is 22.6. The molecule has 33 heavy (non-hydrogen) atoms. The first-order valence-electron chi connectivity index (χ1n) is 11.3. The van der Waals surface area contributed by atoms with Crippen LogP contribution in [-0.2, 0) is 18.4 Å². The number of methoxy groups -OCH3 is 1. The molecular formula is C28H31N3O2. The molecule has 0 spiro atoms. The molecule has 0 radical (unpaired) electrons. The van der Waals surface area contributed by atoms with Crippen molar-refractivity contribution in [3.8, 4) is 5.75 Å². The van der Waals surface area contributed by atoms with Crippen LogP contribution in [0.2, 0.25) is 0 Å². The number of benzene rings is 3. The monoisotopic (exact) mass is 441 g/mol. The molecule has 0 aliphatic rings. The molecule has 0 saturated carbocycles. The number of hydrogen-bond acceptors (Lipinski definition) is 3. The highest BCUT2D eigenvalue weighted by atomic mass is 16.5. The third kappa shape index (κ3) is 5.25. The van der Waals surface area contributed by atoms with Crippen molar-refractivity contribution < 1.29 is 9.53 Å². The molecule has 0 saturated heterocycles. The number of imidazole rings is 1. The normalized spacial score (nSPS) is 11.5. The van der Waals surface area contributed by atoms with E-state index in [-0.39, 0.29) is 11.3 Å². The average Bonchev–Trinajstić information content (AvgIpc) is 3.16. The molecule has 170 valence electrons. The van der Waals surface area contributed by atoms with Crippen LogP contribution in [0.15, 0.2) is 72.8 Å². The van der Waals surface area contributed by atoms with E-state index in [1.54, 1.807) is 31.4 Å². The number of carbonyl (C=O) groups is 1. The van der Waals surface area contributed by atoms with Crippen LogP contribution in [0, 0.1) is 0 Å². The summed E-state index contributed by atoms with van der Waals surface area (Å²) in [5.41, 5.74) is 5.38. The Morgan fingerprint density at radius 3 is 2.33 bits per heavy atom. The van der Waals surface area contributed by atoms with Gasteiger partial charge in [-0.05, 0) is 52.9 Å². The van der Waals surface area contributed by atoms with Crippen molar-refractivity contribution in [2.45, 2.75) is 39.2 Å². The minimum absolute atomic E-state index is 0.0990. The van der Waals surface area contributed by atoms with Gasteiger partial charge in [0.1, 0.15) is 11.6 Å². The summed E-state index contributed by atoms with van der Waals surface area (Å²) in [6.07, 6.45) is 0.649. The van der Waals surface area contributed by atoms with Crippen molar-refractivity contribution >= 4 is 16.9 Å². The van der Waals surface area contributed by atoms with Crippen LogP contribution in [0.1, 0.15) is 48.1 Å². The van der Waals surface area contributed by atoms with Gasteiger partial charge in [-0.3, -0.25) is 4.79 Å². The summed E-state index contributed by atoms with van der Waals surface area (Å²) in [5.74, 6) is 1.60. The Hall–Kier alpha value is -3.60. The number of aromatic nitrogens is 2. The van der Waals surface area contributed by atoms with Gasteiger partial charge in [-0.15, -0.1) is 0 Å². The molecule has 4 aromatic rings. The smallest absolute Gasteiger partial charge is 0.251 e. The van der Waals surface area contributed by atoms with Crippen LogP contribution < -0.4 is 10.1 Å². The zero-order chi connectivity index (χ0) is 23.4. The number of nitrogens with zero attached hydrogens (tertiary/aromatic N) is 2. The van der Waals surface area contributed by atoms with Crippen molar-refractivity contribution in [3.05, 3.63) is 95.3 Å². The number of amides is 1. The molecule has 3 aromatic carbocycles. The van der Waals surface area contributed by atoms with Gasteiger partial charge in [0.2, 0.25) is 0 Å². The second-order valence-corrected chi connectivity index (χ2v) is 9.28. The Bertz CT molecular complexity index is 1230. The number of hydrogen-bond donors (Lipinski definition) is 1. The van der Waals surface area contributed by atoms with Crippen molar-refractivity contribution in [1.29, 1.82) is 0 Å². The van der Waals surface area contributed by atoms with Crippen LogP contribution in [0.3, 0.4) is 0 Å². The predicted octanol–water partition coefficient (Wildman–Crippen LogP) is 5.36. The van der Waals surface area contributed by atoms with Gasteiger partial charge < -0.3 is 14.6 Å². The van der Waals surface area contributed by atoms with E-state index in [0.29, 0.717) is 18.5 Å². The van der Waals surface area contributed by atoms with Crippen LogP contribution in [0.4, 0.5) is 0 Å². The Morgan fingerprint density at radius 1 is 0.970 bits per heavy atom. The van der Waals surface area contributed by atoms with Crippen LogP contribution in [0.5, 0.6) is 5.75 Å². The first-order valence-corrected chi connectivity index (χ1v) is 11.3. The van der Waals surface area contributed by atoms with Crippen molar-refractivity contribution in [2.24, 2.45) is 0 Å². The van der Waals surface area contributed by atoms with Gasteiger partial charge in [0.15, 0.2) is 0 Å². The lowest BCUT2D eigenvalue weighted by Gasteiger charge is -2.19. The van der Waals surface area contributed by atoms with Crippen LogP contribution in [0.25, 0.3) is 11.0 Å². The fraction of sp³-hybridized carbons (Fsp3) is 0.286. The summed E-state index contributed by atoms with van der Waals surface area (Å²) >= 11 is 0. The maximum Gasteiger partial charge on any atom is 0.251 e. The van der Waals surface area contributed by atoms with Crippen molar-refractivity contribution in [1.82, 2.24) is 14.9 Å². The fourth-order valence-electron chi connectivity index (χ4n) is 3.92. The lowest BCUT2D eigenvalue weighted by atomic mass is 9.87. The molecule has 0 aliphatic carbocycles. The number of rotatable bonds is 7. The van der Waals surface area contributed by atoms with E-state index in [4.69, 9.17) is 9.72 Å². The number of ether oxygens (including phenoxy) is 1. The van der Waals surface area contributed by atoms with E-state index in [1.165, 1.54) is 11.1 Å². The van der Waals surface area contributed by atoms with E-state index in [2.05, 4.69) is 61.0 Å². The summed E-state index contributed by atoms with van der Waals surface area (Å²) in [5, 5.41) is 3.01. The molecule has 0 fully saturated rings. The molecule has 1 aromatic heterocycles. The second-order valence-electron chi connectivity index (χ2n) is 9.28. The van der Waals surface area contributed by atoms with Crippen molar-refractivity contribution in [2.75, 3.05) is 13.7 Å². The molecule has 0 atom stereocenters. The summed E-state index contributed by atoms with van der Waals surface area (Å²) in [6.45, 7) is 7.93. The third-order valence-electron chi connectivity index (χ3n) is 5.88. The fourth-order valence-corrected chi connectivity index (χ4v) is 3.92. The van der Waals surface area contributed by atoms with Gasteiger partial charge in [0.25, 0.3) is 5.91 Å². The zero-order valence-electron chi connectivity index (χ0n) is 19.8. The minimum Gasteiger partial charge on any atom is -0.497 e. The Balaban J connectivity index is 1.49. The van der Waals surface area contributed by atoms with Crippen LogP contribution in [-0.4, -0.2) is 29.1 Å². The van der Waals surface area contributed by atoms with Gasteiger partial charge >= 0.3 is 0 Å². The lowest BCUT2D eigenvalue weighted by Crippen LogP contribution is -2.26. The van der Waals surface area contributed by atoms with Gasteiger partial charge in [0.05, 0.1) is 18.1 Å². The number of para-hydroxylation sites is 2. The number of carbonyl (C=O) groups excluding carboxylic acids is 1. The molecule has 4 rings (SSSR count). The molecule has 1 heterocycles. The summed E-state index contributed by atoms with van der Waals surface area (Å²) in [7, 11) is 1.61. The van der Waals surface area contributed by atoms with E-state index in [9.17, 15) is 4.79 Å². The molecule has 5 nitrogen and oxygen atoms in total. The van der Waals surface area contributed by atoms with Gasteiger partial charge in [-0.25, -0.2) is 4.98 Å². The topological polar surface area (TPSA) is 56.1 Å². The molecule has 1 amide bonds. The third-order valence-corrected chi connectivity index (χ3v) is 5.88. The van der Waals surface area contributed by atoms with Crippen LogP contribution >= 0.6 is 0 Å². The molecule has 0 bridgehead atoms. The Labute approximate surface area is 195 Å². The summed E-state index contributed by atoms with van der Waals surface area (Å²) < 4.78 is 7.41. The highest BCUT2D eigenvalue weighted by Gasteiger charge is 2.15. The Morgan fingerprint density at radius 2 is 1.67 bits per heavy atom. The highest BCUT2D eigenvalue weighted by Crippen LogP contribution is 2.24. The molecule has 1 N–H and O–H groups in total. The first-order chi connectivity index (χ1) is 15.8. The van der Waals surface area contributed by atoms with E-state index in [0.717, 1.165) is 29.2 Å².